The molecule has 1 rings (SSSR count). The topological polar surface area (TPSA) is 69.6 Å². The van der Waals surface area contributed by atoms with E-state index in [1.165, 1.54) is 12.5 Å². The largest absolute Gasteiger partial charge is 0.480 e. The van der Waals surface area contributed by atoms with E-state index in [1.807, 2.05) is 13.0 Å². The summed E-state index contributed by atoms with van der Waals surface area (Å²) >= 11 is 0. The van der Waals surface area contributed by atoms with Crippen LogP contribution in [0.25, 0.3) is 0 Å². The van der Waals surface area contributed by atoms with Gasteiger partial charge in [0, 0.05) is 13.1 Å². The Morgan fingerprint density at radius 3 is 2.73 bits per heavy atom. The van der Waals surface area contributed by atoms with Crippen LogP contribution in [0.1, 0.15) is 20.3 Å². The lowest BCUT2D eigenvalue weighted by atomic mass is 10.1. The SMILES string of the molecule is CC1=CCN(C(=O)NC(C)C(=O)O)CC1. The number of nitrogens with one attached hydrogen (secondary N) is 1. The first-order valence-corrected chi connectivity index (χ1v) is 4.94. The lowest BCUT2D eigenvalue weighted by Crippen LogP contribution is -2.47. The van der Waals surface area contributed by atoms with Crippen LogP contribution >= 0.6 is 0 Å². The molecule has 5 heteroatoms. The predicted molar refractivity (Wildman–Crippen MR) is 55.6 cm³/mol. The molecule has 1 aliphatic heterocycles. The van der Waals surface area contributed by atoms with Crippen LogP contribution < -0.4 is 5.32 Å². The Morgan fingerprint density at radius 2 is 2.27 bits per heavy atom. The third-order valence-electron chi connectivity index (χ3n) is 2.43. The molecule has 1 unspecified atom stereocenters. The van der Waals surface area contributed by atoms with Crippen LogP contribution in [-0.2, 0) is 4.79 Å². The molecule has 0 aromatic heterocycles. The predicted octanol–water partition coefficient (Wildman–Crippen LogP) is 0.821. The first-order chi connectivity index (χ1) is 7.00. The number of carbonyl (C=O) groups is 2. The quantitative estimate of drug-likeness (QED) is 0.666. The summed E-state index contributed by atoms with van der Waals surface area (Å²) in [4.78, 5) is 23.7. The van der Waals surface area contributed by atoms with Crippen molar-refractivity contribution in [1.82, 2.24) is 10.2 Å². The maximum atomic E-state index is 11.5. The minimum atomic E-state index is -1.02. The van der Waals surface area contributed by atoms with Crippen molar-refractivity contribution >= 4 is 12.0 Å². The van der Waals surface area contributed by atoms with Gasteiger partial charge in [0.25, 0.3) is 0 Å². The third kappa shape index (κ3) is 3.27. The van der Waals surface area contributed by atoms with Gasteiger partial charge in [0.05, 0.1) is 0 Å². The average molecular weight is 212 g/mol. The molecule has 1 heterocycles. The zero-order valence-corrected chi connectivity index (χ0v) is 8.99. The van der Waals surface area contributed by atoms with Crippen molar-refractivity contribution in [2.45, 2.75) is 26.3 Å². The molecule has 0 bridgehead atoms. The summed E-state index contributed by atoms with van der Waals surface area (Å²) in [6, 6.07) is -1.15. The molecule has 1 atom stereocenters. The lowest BCUT2D eigenvalue weighted by molar-refractivity contribution is -0.138. The first-order valence-electron chi connectivity index (χ1n) is 4.94. The van der Waals surface area contributed by atoms with E-state index in [1.54, 1.807) is 4.90 Å². The van der Waals surface area contributed by atoms with E-state index in [9.17, 15) is 9.59 Å². The smallest absolute Gasteiger partial charge is 0.325 e. The van der Waals surface area contributed by atoms with E-state index in [-0.39, 0.29) is 6.03 Å². The monoisotopic (exact) mass is 212 g/mol. The molecular weight excluding hydrogens is 196 g/mol. The molecule has 0 saturated heterocycles. The van der Waals surface area contributed by atoms with E-state index >= 15 is 0 Å². The van der Waals surface area contributed by atoms with E-state index in [4.69, 9.17) is 5.11 Å². The Balaban J connectivity index is 2.45. The summed E-state index contributed by atoms with van der Waals surface area (Å²) in [5, 5.41) is 11.0. The van der Waals surface area contributed by atoms with Gasteiger partial charge in [-0.1, -0.05) is 11.6 Å². The molecule has 84 valence electrons. The van der Waals surface area contributed by atoms with Crippen LogP contribution in [0.4, 0.5) is 4.79 Å². The number of amides is 2. The Morgan fingerprint density at radius 1 is 1.60 bits per heavy atom. The summed E-state index contributed by atoms with van der Waals surface area (Å²) < 4.78 is 0. The number of hydrogen-bond donors (Lipinski definition) is 2. The van der Waals surface area contributed by atoms with Gasteiger partial charge in [-0.05, 0) is 20.3 Å². The van der Waals surface area contributed by atoms with Gasteiger partial charge >= 0.3 is 12.0 Å². The van der Waals surface area contributed by atoms with Crippen molar-refractivity contribution in [3.8, 4) is 0 Å². The number of rotatable bonds is 2. The second-order valence-corrected chi connectivity index (χ2v) is 3.76. The van der Waals surface area contributed by atoms with Crippen LogP contribution in [0.5, 0.6) is 0 Å². The molecular formula is C10H16N2O3. The fraction of sp³-hybridized carbons (Fsp3) is 0.600. The number of carbonyl (C=O) groups excluding carboxylic acids is 1. The summed E-state index contributed by atoms with van der Waals surface area (Å²) in [5.41, 5.74) is 1.27. The minimum Gasteiger partial charge on any atom is -0.480 e. The normalized spacial score (nSPS) is 18.0. The van der Waals surface area contributed by atoms with Gasteiger partial charge in [-0.3, -0.25) is 4.79 Å². The number of hydrogen-bond acceptors (Lipinski definition) is 2. The standard InChI is InChI=1S/C10H16N2O3/c1-7-3-5-12(6-4-7)10(15)11-8(2)9(13)14/h3,8H,4-6H2,1-2H3,(H,11,15)(H,13,14). The number of aliphatic carboxylic acids is 1. The van der Waals surface area contributed by atoms with E-state index < -0.39 is 12.0 Å². The van der Waals surface area contributed by atoms with Crippen LogP contribution in [0, 0.1) is 0 Å². The van der Waals surface area contributed by atoms with Gasteiger partial charge in [0.15, 0.2) is 0 Å². The maximum Gasteiger partial charge on any atom is 0.325 e. The van der Waals surface area contributed by atoms with Crippen LogP contribution in [0.3, 0.4) is 0 Å². The van der Waals surface area contributed by atoms with Gasteiger partial charge in [-0.15, -0.1) is 0 Å². The molecule has 1 aliphatic rings. The van der Waals surface area contributed by atoms with Crippen molar-refractivity contribution in [2.24, 2.45) is 0 Å². The first kappa shape index (κ1) is 11.6. The highest BCUT2D eigenvalue weighted by molar-refractivity contribution is 5.82. The molecule has 15 heavy (non-hydrogen) atoms. The van der Waals surface area contributed by atoms with Gasteiger partial charge in [0.2, 0.25) is 0 Å². The van der Waals surface area contributed by atoms with Crippen molar-refractivity contribution in [3.05, 3.63) is 11.6 Å². The van der Waals surface area contributed by atoms with Crippen molar-refractivity contribution < 1.29 is 14.7 Å². The molecule has 2 amide bonds. The zero-order chi connectivity index (χ0) is 11.4. The molecule has 2 N–H and O–H groups in total. The Labute approximate surface area is 88.8 Å². The highest BCUT2D eigenvalue weighted by Crippen LogP contribution is 2.09. The highest BCUT2D eigenvalue weighted by Gasteiger charge is 2.19. The summed E-state index contributed by atoms with van der Waals surface area (Å²) in [7, 11) is 0. The third-order valence-corrected chi connectivity index (χ3v) is 2.43. The van der Waals surface area contributed by atoms with Gasteiger partial charge in [-0.2, -0.15) is 0 Å². The van der Waals surface area contributed by atoms with Crippen molar-refractivity contribution in [1.29, 1.82) is 0 Å². The van der Waals surface area contributed by atoms with Crippen LogP contribution in [-0.4, -0.2) is 41.1 Å². The van der Waals surface area contributed by atoms with Crippen LogP contribution in [0.15, 0.2) is 11.6 Å². The van der Waals surface area contributed by atoms with Gasteiger partial charge < -0.3 is 15.3 Å². The number of urea groups is 1. The van der Waals surface area contributed by atoms with Gasteiger partial charge in [-0.25, -0.2) is 4.79 Å². The van der Waals surface area contributed by atoms with E-state index in [0.29, 0.717) is 13.1 Å². The summed E-state index contributed by atoms with van der Waals surface area (Å²) in [6.45, 7) is 4.69. The molecule has 0 saturated carbocycles. The number of carboxylic acid groups (broad SMARTS) is 1. The lowest BCUT2D eigenvalue weighted by Gasteiger charge is -2.26. The molecule has 0 radical (unpaired) electrons. The maximum absolute atomic E-state index is 11.5. The fourth-order valence-electron chi connectivity index (χ4n) is 1.29. The summed E-state index contributed by atoms with van der Waals surface area (Å²) in [6.07, 6.45) is 2.84. The molecule has 0 spiro atoms. The fourth-order valence-corrected chi connectivity index (χ4v) is 1.29. The molecule has 5 nitrogen and oxygen atoms in total. The Bertz CT molecular complexity index is 299. The van der Waals surface area contributed by atoms with Crippen molar-refractivity contribution in [3.63, 3.8) is 0 Å². The molecule has 0 aliphatic carbocycles. The van der Waals surface area contributed by atoms with Gasteiger partial charge in [0.1, 0.15) is 6.04 Å². The Hall–Kier alpha value is -1.52. The van der Waals surface area contributed by atoms with E-state index in [0.717, 1.165) is 6.42 Å². The average Bonchev–Trinajstić information content (AvgIpc) is 2.18. The zero-order valence-electron chi connectivity index (χ0n) is 8.99. The second-order valence-electron chi connectivity index (χ2n) is 3.76. The van der Waals surface area contributed by atoms with Crippen LogP contribution in [0.2, 0.25) is 0 Å². The number of nitrogens with zero attached hydrogens (tertiary/aromatic N) is 1. The van der Waals surface area contributed by atoms with Crippen molar-refractivity contribution in [2.75, 3.05) is 13.1 Å². The summed E-state index contributed by atoms with van der Waals surface area (Å²) in [5.74, 6) is -1.02. The molecule has 0 fully saturated rings. The van der Waals surface area contributed by atoms with E-state index in [2.05, 4.69) is 5.32 Å². The minimum absolute atomic E-state index is 0.311. The molecule has 0 aromatic rings. The number of carboxylic acids is 1. The Kier molecular flexibility index (Phi) is 3.71. The second kappa shape index (κ2) is 4.82. The molecule has 0 aromatic carbocycles. The highest BCUT2D eigenvalue weighted by atomic mass is 16.4.